The fourth-order valence-electron chi connectivity index (χ4n) is 2.32. The summed E-state index contributed by atoms with van der Waals surface area (Å²) in [6.07, 6.45) is -2.21. The van der Waals surface area contributed by atoms with Gasteiger partial charge in [0.05, 0.1) is 6.10 Å². The maximum absolute atomic E-state index is 12.4. The number of nitrogens with one attached hydrogen (secondary N) is 1. The van der Waals surface area contributed by atoms with Crippen LogP contribution in [0.25, 0.3) is 0 Å². The number of rotatable bonds is 7. The lowest BCUT2D eigenvalue weighted by atomic mass is 10.1. The molecule has 0 spiro atoms. The Balaban J connectivity index is 1.99. The first kappa shape index (κ1) is 21.0. The lowest BCUT2D eigenvalue weighted by Gasteiger charge is -2.17. The molecular weight excluding hydrogens is 362 g/mol. The van der Waals surface area contributed by atoms with E-state index in [9.17, 15) is 14.4 Å². The number of benzene rings is 2. The van der Waals surface area contributed by atoms with Gasteiger partial charge in [-0.3, -0.25) is 0 Å². The average Bonchev–Trinajstić information content (AvgIpc) is 2.67. The number of alkyl carbamates (subject to hydrolysis) is 1. The van der Waals surface area contributed by atoms with Gasteiger partial charge in [0.2, 0.25) is 0 Å². The smallest absolute Gasteiger partial charge is 0.445 e. The quantitative estimate of drug-likeness (QED) is 0.578. The molecule has 7 nitrogen and oxygen atoms in total. The lowest BCUT2D eigenvalue weighted by Crippen LogP contribution is -2.44. The minimum absolute atomic E-state index is 0.0508. The van der Waals surface area contributed by atoms with Crippen molar-refractivity contribution in [2.75, 3.05) is 0 Å². The molecule has 7 heteroatoms. The standard InChI is InChI=1S/C21H23NO6/c1-15(2)27-21(25)28-19(23)18(13-16-9-5-3-6-10-16)22-20(24)26-14-17-11-7-4-8-12-17/h3-12,15,18H,13-14H2,1-2H3,(H,22,24)/t18-/m0/s1. The predicted molar refractivity (Wildman–Crippen MR) is 101 cm³/mol. The maximum atomic E-state index is 12.4. The second-order valence-corrected chi connectivity index (χ2v) is 6.29. The van der Waals surface area contributed by atoms with Crippen LogP contribution in [0.4, 0.5) is 9.59 Å². The van der Waals surface area contributed by atoms with Crippen LogP contribution in [0, 0.1) is 0 Å². The van der Waals surface area contributed by atoms with Crippen molar-refractivity contribution in [3.63, 3.8) is 0 Å². The zero-order chi connectivity index (χ0) is 20.4. The monoisotopic (exact) mass is 385 g/mol. The molecule has 1 N–H and O–H groups in total. The van der Waals surface area contributed by atoms with Crippen molar-refractivity contribution in [2.45, 2.75) is 39.0 Å². The van der Waals surface area contributed by atoms with Crippen LogP contribution in [-0.4, -0.2) is 30.4 Å². The summed E-state index contributed by atoms with van der Waals surface area (Å²) in [5.41, 5.74) is 1.59. The van der Waals surface area contributed by atoms with Gasteiger partial charge in [-0.15, -0.1) is 0 Å². The van der Waals surface area contributed by atoms with Crippen molar-refractivity contribution < 1.29 is 28.6 Å². The summed E-state index contributed by atoms with van der Waals surface area (Å²) in [7, 11) is 0. The van der Waals surface area contributed by atoms with Crippen LogP contribution in [0.1, 0.15) is 25.0 Å². The third kappa shape index (κ3) is 7.49. The molecule has 0 aromatic heterocycles. The highest BCUT2D eigenvalue weighted by Crippen LogP contribution is 2.07. The van der Waals surface area contributed by atoms with E-state index in [1.54, 1.807) is 38.1 Å². The molecular formula is C21H23NO6. The highest BCUT2D eigenvalue weighted by molar-refractivity contribution is 5.88. The first-order chi connectivity index (χ1) is 13.4. The van der Waals surface area contributed by atoms with E-state index in [1.807, 2.05) is 36.4 Å². The largest absolute Gasteiger partial charge is 0.516 e. The molecule has 0 aliphatic rings. The Labute approximate surface area is 163 Å². The normalized spacial score (nSPS) is 11.4. The molecule has 0 aliphatic carbocycles. The summed E-state index contributed by atoms with van der Waals surface area (Å²) in [5, 5.41) is 2.45. The second kappa shape index (κ2) is 10.7. The number of carbonyl (C=O) groups excluding carboxylic acids is 3. The summed E-state index contributed by atoms with van der Waals surface area (Å²) in [6, 6.07) is 17.0. The van der Waals surface area contributed by atoms with Crippen LogP contribution in [-0.2, 0) is 32.0 Å². The van der Waals surface area contributed by atoms with Gasteiger partial charge in [0, 0.05) is 6.42 Å². The third-order valence-corrected chi connectivity index (χ3v) is 3.59. The van der Waals surface area contributed by atoms with E-state index in [4.69, 9.17) is 9.47 Å². The number of ether oxygens (including phenoxy) is 3. The Morgan fingerprint density at radius 2 is 1.46 bits per heavy atom. The molecule has 148 valence electrons. The average molecular weight is 385 g/mol. The van der Waals surface area contributed by atoms with Crippen LogP contribution < -0.4 is 5.32 Å². The van der Waals surface area contributed by atoms with E-state index in [0.717, 1.165) is 11.1 Å². The lowest BCUT2D eigenvalue weighted by molar-refractivity contribution is -0.142. The fraction of sp³-hybridized carbons (Fsp3) is 0.286. The molecule has 28 heavy (non-hydrogen) atoms. The van der Waals surface area contributed by atoms with Gasteiger partial charge >= 0.3 is 18.2 Å². The van der Waals surface area contributed by atoms with Crippen molar-refractivity contribution in [1.82, 2.24) is 5.32 Å². The van der Waals surface area contributed by atoms with Crippen LogP contribution in [0.3, 0.4) is 0 Å². The molecule has 0 radical (unpaired) electrons. The van der Waals surface area contributed by atoms with E-state index in [1.165, 1.54) is 0 Å². The molecule has 0 heterocycles. The molecule has 0 fully saturated rings. The highest BCUT2D eigenvalue weighted by Gasteiger charge is 2.26. The van der Waals surface area contributed by atoms with Gasteiger partial charge in [-0.05, 0) is 25.0 Å². The van der Waals surface area contributed by atoms with Crippen LogP contribution in [0.15, 0.2) is 60.7 Å². The summed E-state index contributed by atoms with van der Waals surface area (Å²) in [5.74, 6) is -0.925. The summed E-state index contributed by atoms with van der Waals surface area (Å²) >= 11 is 0. The topological polar surface area (TPSA) is 90.9 Å². The van der Waals surface area contributed by atoms with Gasteiger partial charge < -0.3 is 19.5 Å². The number of carbonyl (C=O) groups is 3. The molecule has 0 saturated carbocycles. The minimum Gasteiger partial charge on any atom is -0.445 e. The first-order valence-electron chi connectivity index (χ1n) is 8.87. The van der Waals surface area contributed by atoms with Gasteiger partial charge in [-0.1, -0.05) is 60.7 Å². The van der Waals surface area contributed by atoms with E-state index < -0.39 is 30.4 Å². The van der Waals surface area contributed by atoms with Crippen molar-refractivity contribution >= 4 is 18.2 Å². The predicted octanol–water partition coefficient (Wildman–Crippen LogP) is 3.61. The van der Waals surface area contributed by atoms with Gasteiger partial charge in [0.1, 0.15) is 12.6 Å². The zero-order valence-electron chi connectivity index (χ0n) is 15.8. The van der Waals surface area contributed by atoms with Crippen molar-refractivity contribution in [3.05, 3.63) is 71.8 Å². The number of amides is 1. The van der Waals surface area contributed by atoms with Gasteiger partial charge in [-0.2, -0.15) is 0 Å². The van der Waals surface area contributed by atoms with Crippen molar-refractivity contribution in [3.8, 4) is 0 Å². The fourth-order valence-corrected chi connectivity index (χ4v) is 2.32. The number of esters is 1. The summed E-state index contributed by atoms with van der Waals surface area (Å²) in [4.78, 5) is 36.1. The Kier molecular flexibility index (Phi) is 8.02. The van der Waals surface area contributed by atoms with E-state index in [-0.39, 0.29) is 13.0 Å². The Hall–Kier alpha value is -3.35. The molecule has 2 rings (SSSR count). The third-order valence-electron chi connectivity index (χ3n) is 3.59. The Morgan fingerprint density at radius 1 is 0.893 bits per heavy atom. The van der Waals surface area contributed by atoms with Gasteiger partial charge in [0.25, 0.3) is 0 Å². The van der Waals surface area contributed by atoms with Crippen molar-refractivity contribution in [1.29, 1.82) is 0 Å². The number of hydrogen-bond acceptors (Lipinski definition) is 6. The summed E-state index contributed by atoms with van der Waals surface area (Å²) in [6.45, 7) is 3.31. The summed E-state index contributed by atoms with van der Waals surface area (Å²) < 4.78 is 14.6. The molecule has 1 atom stereocenters. The van der Waals surface area contributed by atoms with Crippen LogP contribution in [0.5, 0.6) is 0 Å². The van der Waals surface area contributed by atoms with E-state index in [2.05, 4.69) is 10.1 Å². The van der Waals surface area contributed by atoms with Crippen molar-refractivity contribution in [2.24, 2.45) is 0 Å². The molecule has 0 aliphatic heterocycles. The highest BCUT2D eigenvalue weighted by atomic mass is 16.7. The molecule has 0 bridgehead atoms. The Morgan fingerprint density at radius 3 is 2.04 bits per heavy atom. The van der Waals surface area contributed by atoms with E-state index >= 15 is 0 Å². The van der Waals surface area contributed by atoms with E-state index in [0.29, 0.717) is 0 Å². The molecule has 2 aromatic rings. The maximum Gasteiger partial charge on any atom is 0.516 e. The SMILES string of the molecule is CC(C)OC(=O)OC(=O)[C@H](Cc1ccccc1)NC(=O)OCc1ccccc1. The van der Waals surface area contributed by atoms with Gasteiger partial charge in [-0.25, -0.2) is 14.4 Å². The minimum atomic E-state index is -1.11. The molecule has 1 amide bonds. The zero-order valence-corrected chi connectivity index (χ0v) is 15.8. The number of hydrogen-bond donors (Lipinski definition) is 1. The molecule has 0 saturated heterocycles. The second-order valence-electron chi connectivity index (χ2n) is 6.29. The van der Waals surface area contributed by atoms with Crippen LogP contribution in [0.2, 0.25) is 0 Å². The molecule has 2 aromatic carbocycles. The van der Waals surface area contributed by atoms with Gasteiger partial charge in [0.15, 0.2) is 0 Å². The Bertz CT molecular complexity index is 776. The van der Waals surface area contributed by atoms with Crippen LogP contribution >= 0.6 is 0 Å². The molecule has 0 unspecified atom stereocenters. The first-order valence-corrected chi connectivity index (χ1v) is 8.87.